The van der Waals surface area contributed by atoms with Gasteiger partial charge in [-0.15, -0.1) is 0 Å². The first-order chi connectivity index (χ1) is 13.7. The van der Waals surface area contributed by atoms with E-state index in [0.29, 0.717) is 18.5 Å². The molecule has 1 aliphatic heterocycles. The molecule has 1 N–H and O–H groups in total. The number of carbonyl (C=O) groups is 2. The van der Waals surface area contributed by atoms with Crippen LogP contribution in [0.1, 0.15) is 18.4 Å². The van der Waals surface area contributed by atoms with Gasteiger partial charge in [0.05, 0.1) is 12.1 Å². The van der Waals surface area contributed by atoms with Crippen molar-refractivity contribution in [1.29, 1.82) is 0 Å². The fourth-order valence-corrected chi connectivity index (χ4v) is 3.15. The molecule has 2 aromatic carbocycles. The third-order valence-electron chi connectivity index (χ3n) is 4.29. The average Bonchev–Trinajstić information content (AvgIpc) is 3.07. The van der Waals surface area contributed by atoms with Gasteiger partial charge in [-0.1, -0.05) is 23.7 Å². The van der Waals surface area contributed by atoms with Gasteiger partial charge in [0.25, 0.3) is 0 Å². The molecule has 0 spiro atoms. The Morgan fingerprint density at radius 3 is 2.52 bits per heavy atom. The molecule has 0 bridgehead atoms. The van der Waals surface area contributed by atoms with Gasteiger partial charge in [-0.05, 0) is 42.3 Å². The Balaban J connectivity index is 1.64. The highest BCUT2D eigenvalue weighted by Crippen LogP contribution is 2.30. The molecule has 1 fully saturated rings. The van der Waals surface area contributed by atoms with Crippen LogP contribution in [0.3, 0.4) is 0 Å². The van der Waals surface area contributed by atoms with E-state index in [2.05, 4.69) is 5.32 Å². The van der Waals surface area contributed by atoms with Crippen molar-refractivity contribution in [3.05, 3.63) is 53.1 Å². The Kier molecular flexibility index (Phi) is 6.32. The number of nitrogens with one attached hydrogen (secondary N) is 1. The Bertz CT molecular complexity index is 901. The van der Waals surface area contributed by atoms with E-state index in [1.54, 1.807) is 29.2 Å². The molecule has 5 nitrogen and oxygen atoms in total. The van der Waals surface area contributed by atoms with Crippen LogP contribution in [0.4, 0.5) is 24.5 Å². The number of anilines is 2. The lowest BCUT2D eigenvalue weighted by Crippen LogP contribution is -2.23. The van der Waals surface area contributed by atoms with Crippen molar-refractivity contribution < 1.29 is 27.5 Å². The monoisotopic (exact) mass is 426 g/mol. The standard InChI is InChI=1S/C20H18ClF3N2O3/c21-14-5-8-17(29-12-20(22,23)24)16(11-14)25-18(27)10-13-3-6-15(7-4-13)26-9-1-2-19(26)28/h3-8,11H,1-2,9-10,12H2,(H,25,27). The van der Waals surface area contributed by atoms with Crippen molar-refractivity contribution in [2.24, 2.45) is 0 Å². The first-order valence-electron chi connectivity index (χ1n) is 8.89. The van der Waals surface area contributed by atoms with E-state index in [4.69, 9.17) is 16.3 Å². The Labute approximate surface area is 170 Å². The maximum atomic E-state index is 12.4. The van der Waals surface area contributed by atoms with Crippen LogP contribution in [0, 0.1) is 0 Å². The summed E-state index contributed by atoms with van der Waals surface area (Å²) in [4.78, 5) is 25.8. The normalized spacial score (nSPS) is 14.2. The van der Waals surface area contributed by atoms with Crippen LogP contribution in [0.25, 0.3) is 0 Å². The van der Waals surface area contributed by atoms with Crippen molar-refractivity contribution in [1.82, 2.24) is 0 Å². The number of hydrogen-bond acceptors (Lipinski definition) is 3. The zero-order chi connectivity index (χ0) is 21.0. The van der Waals surface area contributed by atoms with Gasteiger partial charge in [0.1, 0.15) is 5.75 Å². The maximum Gasteiger partial charge on any atom is 0.422 e. The Hall–Kier alpha value is -2.74. The molecule has 1 heterocycles. The van der Waals surface area contributed by atoms with Crippen LogP contribution < -0.4 is 15.0 Å². The predicted molar refractivity (Wildman–Crippen MR) is 103 cm³/mol. The SMILES string of the molecule is O=C(Cc1ccc(N2CCCC2=O)cc1)Nc1cc(Cl)ccc1OCC(F)(F)F. The highest BCUT2D eigenvalue weighted by Gasteiger charge is 2.29. The number of halogens is 4. The van der Waals surface area contributed by atoms with Crippen LogP contribution in [0.2, 0.25) is 5.02 Å². The van der Waals surface area contributed by atoms with Gasteiger partial charge in [0.15, 0.2) is 6.61 Å². The van der Waals surface area contributed by atoms with Crippen LogP contribution >= 0.6 is 11.6 Å². The summed E-state index contributed by atoms with van der Waals surface area (Å²) in [5.41, 5.74) is 1.53. The maximum absolute atomic E-state index is 12.4. The number of alkyl halides is 3. The molecule has 0 aliphatic carbocycles. The van der Waals surface area contributed by atoms with Crippen LogP contribution in [0.15, 0.2) is 42.5 Å². The number of benzene rings is 2. The van der Waals surface area contributed by atoms with Gasteiger partial charge >= 0.3 is 6.18 Å². The molecular weight excluding hydrogens is 409 g/mol. The second-order valence-corrected chi connectivity index (χ2v) is 7.02. The van der Waals surface area contributed by atoms with Crippen molar-refractivity contribution >= 4 is 34.8 Å². The van der Waals surface area contributed by atoms with Crippen molar-refractivity contribution in [2.75, 3.05) is 23.4 Å². The van der Waals surface area contributed by atoms with E-state index in [1.165, 1.54) is 18.2 Å². The molecule has 9 heteroatoms. The average molecular weight is 427 g/mol. The number of carbonyl (C=O) groups excluding carboxylic acids is 2. The molecule has 0 atom stereocenters. The molecule has 0 unspecified atom stereocenters. The van der Waals surface area contributed by atoms with Crippen molar-refractivity contribution in [2.45, 2.75) is 25.4 Å². The largest absolute Gasteiger partial charge is 0.482 e. The smallest absolute Gasteiger partial charge is 0.422 e. The fraction of sp³-hybridized carbons (Fsp3) is 0.300. The van der Waals surface area contributed by atoms with Crippen LogP contribution in [-0.4, -0.2) is 31.1 Å². The van der Waals surface area contributed by atoms with Crippen molar-refractivity contribution in [3.8, 4) is 5.75 Å². The number of amides is 2. The minimum atomic E-state index is -4.50. The summed E-state index contributed by atoms with van der Waals surface area (Å²) in [7, 11) is 0. The molecule has 0 aromatic heterocycles. The number of hydrogen-bond donors (Lipinski definition) is 1. The third-order valence-corrected chi connectivity index (χ3v) is 4.53. The summed E-state index contributed by atoms with van der Waals surface area (Å²) >= 11 is 5.88. The molecule has 3 rings (SSSR count). The van der Waals surface area contributed by atoms with E-state index < -0.39 is 18.7 Å². The number of rotatable bonds is 6. The van der Waals surface area contributed by atoms with E-state index in [1.807, 2.05) is 0 Å². The zero-order valence-electron chi connectivity index (χ0n) is 15.3. The van der Waals surface area contributed by atoms with Gasteiger partial charge in [-0.25, -0.2) is 0 Å². The summed E-state index contributed by atoms with van der Waals surface area (Å²) in [5, 5.41) is 2.78. The highest BCUT2D eigenvalue weighted by molar-refractivity contribution is 6.31. The fourth-order valence-electron chi connectivity index (χ4n) is 2.98. The predicted octanol–water partition coefficient (Wildman–Crippen LogP) is 4.59. The molecule has 0 radical (unpaired) electrons. The Morgan fingerprint density at radius 1 is 1.17 bits per heavy atom. The van der Waals surface area contributed by atoms with Crippen LogP contribution in [0.5, 0.6) is 5.75 Å². The van der Waals surface area contributed by atoms with Crippen LogP contribution in [-0.2, 0) is 16.0 Å². The van der Waals surface area contributed by atoms with Gasteiger partial charge in [-0.3, -0.25) is 9.59 Å². The lowest BCUT2D eigenvalue weighted by atomic mass is 10.1. The van der Waals surface area contributed by atoms with Gasteiger partial charge in [0.2, 0.25) is 11.8 Å². The molecule has 29 heavy (non-hydrogen) atoms. The topological polar surface area (TPSA) is 58.6 Å². The molecule has 1 aliphatic rings. The Morgan fingerprint density at radius 2 is 1.90 bits per heavy atom. The van der Waals surface area contributed by atoms with E-state index in [0.717, 1.165) is 12.1 Å². The molecule has 2 aromatic rings. The minimum absolute atomic E-state index is 0.000545. The van der Waals surface area contributed by atoms with Gasteiger partial charge in [0, 0.05) is 23.7 Å². The molecule has 154 valence electrons. The quantitative estimate of drug-likeness (QED) is 0.735. The van der Waals surface area contributed by atoms with E-state index in [-0.39, 0.29) is 28.8 Å². The zero-order valence-corrected chi connectivity index (χ0v) is 16.0. The van der Waals surface area contributed by atoms with Crippen molar-refractivity contribution in [3.63, 3.8) is 0 Å². The summed E-state index contributed by atoms with van der Waals surface area (Å²) in [6.45, 7) is -0.803. The molecule has 1 saturated heterocycles. The number of nitrogens with zero attached hydrogens (tertiary/aromatic N) is 1. The van der Waals surface area contributed by atoms with E-state index in [9.17, 15) is 22.8 Å². The van der Waals surface area contributed by atoms with Gasteiger partial charge < -0.3 is 15.0 Å². The first kappa shape index (κ1) is 21.0. The van der Waals surface area contributed by atoms with Gasteiger partial charge in [-0.2, -0.15) is 13.2 Å². The lowest BCUT2D eigenvalue weighted by molar-refractivity contribution is -0.153. The second kappa shape index (κ2) is 8.73. The third kappa shape index (κ3) is 5.87. The van der Waals surface area contributed by atoms with E-state index >= 15 is 0 Å². The summed E-state index contributed by atoms with van der Waals surface area (Å²) in [6, 6.07) is 11.0. The molecule has 2 amide bonds. The lowest BCUT2D eigenvalue weighted by Gasteiger charge is -2.16. The number of ether oxygens (including phenoxy) is 1. The first-order valence-corrected chi connectivity index (χ1v) is 9.27. The minimum Gasteiger partial charge on any atom is -0.482 e. The molecule has 0 saturated carbocycles. The summed E-state index contributed by atoms with van der Waals surface area (Å²) < 4.78 is 42.0. The summed E-state index contributed by atoms with van der Waals surface area (Å²) in [6.07, 6.45) is -3.15. The molecular formula is C20H18ClF3N2O3. The highest BCUT2D eigenvalue weighted by atomic mass is 35.5. The second-order valence-electron chi connectivity index (χ2n) is 6.58. The summed E-state index contributed by atoms with van der Waals surface area (Å²) in [5.74, 6) is -0.486.